The number of hydrogen-bond donors (Lipinski definition) is 4. The maximum atomic E-state index is 10.8. The number of aliphatic hydroxyl groups is 2. The molecule has 0 saturated heterocycles. The van der Waals surface area contributed by atoms with Gasteiger partial charge in [0.2, 0.25) is 0 Å². The Morgan fingerprint density at radius 2 is 1.24 bits per heavy atom. The number of anilines is 2. The molecule has 2 atom stereocenters. The van der Waals surface area contributed by atoms with Gasteiger partial charge in [-0.2, -0.15) is 0 Å². The molecule has 2 rings (SSSR count). The molecule has 0 bridgehead atoms. The second-order valence-corrected chi connectivity index (χ2v) is 5.89. The third-order valence-electron chi connectivity index (χ3n) is 4.05. The topological polar surface area (TPSA) is 92.5 Å². The fourth-order valence-electron chi connectivity index (χ4n) is 2.32. The molecule has 2 aromatic rings. The van der Waals surface area contributed by atoms with E-state index in [0.717, 1.165) is 5.56 Å². The number of rotatable bonds is 4. The van der Waals surface area contributed by atoms with Crippen molar-refractivity contribution in [2.45, 2.75) is 31.5 Å². The second-order valence-electron chi connectivity index (χ2n) is 5.89. The zero-order chi connectivity index (χ0) is 15.7. The van der Waals surface area contributed by atoms with Gasteiger partial charge in [-0.05, 0) is 49.2 Å². The zero-order valence-corrected chi connectivity index (χ0v) is 12.4. The van der Waals surface area contributed by atoms with E-state index >= 15 is 0 Å². The number of nitrogen functional groups attached to an aromatic ring is 2. The van der Waals surface area contributed by atoms with Crippen molar-refractivity contribution < 1.29 is 10.2 Å². The maximum Gasteiger partial charge on any atom is 0.115 e. The molecule has 0 saturated carbocycles. The van der Waals surface area contributed by atoms with Crippen LogP contribution < -0.4 is 11.5 Å². The summed E-state index contributed by atoms with van der Waals surface area (Å²) in [5, 5.41) is 21.6. The molecule has 0 fully saturated rings. The Morgan fingerprint density at radius 1 is 0.810 bits per heavy atom. The highest BCUT2D eigenvalue weighted by atomic mass is 16.4. The highest BCUT2D eigenvalue weighted by Crippen LogP contribution is 2.35. The first-order valence-corrected chi connectivity index (χ1v) is 6.87. The van der Waals surface area contributed by atoms with E-state index in [9.17, 15) is 10.2 Å². The fourth-order valence-corrected chi connectivity index (χ4v) is 2.32. The molecular weight excluding hydrogens is 264 g/mol. The summed E-state index contributed by atoms with van der Waals surface area (Å²) >= 11 is 0. The van der Waals surface area contributed by atoms with Crippen LogP contribution >= 0.6 is 0 Å². The van der Waals surface area contributed by atoms with Crippen molar-refractivity contribution in [3.63, 3.8) is 0 Å². The van der Waals surface area contributed by atoms with Crippen molar-refractivity contribution in [1.29, 1.82) is 0 Å². The van der Waals surface area contributed by atoms with E-state index < -0.39 is 11.2 Å². The van der Waals surface area contributed by atoms with E-state index in [1.165, 1.54) is 0 Å². The zero-order valence-electron chi connectivity index (χ0n) is 12.4. The third-order valence-corrected chi connectivity index (χ3v) is 4.05. The largest absolute Gasteiger partial charge is 0.399 e. The third kappa shape index (κ3) is 3.17. The second kappa shape index (κ2) is 5.39. The molecule has 0 aliphatic rings. The van der Waals surface area contributed by atoms with Gasteiger partial charge in [0, 0.05) is 17.8 Å². The van der Waals surface area contributed by atoms with Gasteiger partial charge in [-0.15, -0.1) is 0 Å². The van der Waals surface area contributed by atoms with Gasteiger partial charge >= 0.3 is 0 Å². The summed E-state index contributed by atoms with van der Waals surface area (Å²) in [5.74, 6) is 0. The van der Waals surface area contributed by atoms with Crippen LogP contribution in [0.15, 0.2) is 48.5 Å². The summed E-state index contributed by atoms with van der Waals surface area (Å²) in [4.78, 5) is 0. The summed E-state index contributed by atoms with van der Waals surface area (Å²) in [7, 11) is 0. The van der Waals surface area contributed by atoms with Gasteiger partial charge in [0.15, 0.2) is 0 Å². The van der Waals surface area contributed by atoms with Crippen molar-refractivity contribution >= 4 is 11.4 Å². The summed E-state index contributed by atoms with van der Waals surface area (Å²) in [6, 6.07) is 14.1. The predicted molar refractivity (Wildman–Crippen MR) is 85.6 cm³/mol. The molecule has 0 aromatic heterocycles. The molecule has 112 valence electrons. The SMILES string of the molecule is CC(O)(Cc1ccc(N)cc1)C(C)(O)c1ccc(N)cc1. The monoisotopic (exact) mass is 286 g/mol. The molecule has 2 aromatic carbocycles. The average Bonchev–Trinajstić information content (AvgIpc) is 2.41. The smallest absolute Gasteiger partial charge is 0.115 e. The summed E-state index contributed by atoms with van der Waals surface area (Å²) in [6.07, 6.45) is 0.310. The van der Waals surface area contributed by atoms with Crippen LogP contribution in [0.1, 0.15) is 25.0 Å². The van der Waals surface area contributed by atoms with Crippen molar-refractivity contribution in [2.24, 2.45) is 0 Å². The molecule has 0 aliphatic carbocycles. The Bertz CT molecular complexity index is 602. The van der Waals surface area contributed by atoms with Gasteiger partial charge < -0.3 is 21.7 Å². The van der Waals surface area contributed by atoms with Gasteiger partial charge in [-0.25, -0.2) is 0 Å². The van der Waals surface area contributed by atoms with Crippen LogP contribution in [0.2, 0.25) is 0 Å². The summed E-state index contributed by atoms with van der Waals surface area (Å²) < 4.78 is 0. The molecular formula is C17H22N2O2. The van der Waals surface area contributed by atoms with E-state index in [-0.39, 0.29) is 0 Å². The van der Waals surface area contributed by atoms with E-state index in [1.807, 2.05) is 12.1 Å². The van der Waals surface area contributed by atoms with Gasteiger partial charge in [0.25, 0.3) is 0 Å². The van der Waals surface area contributed by atoms with E-state index in [2.05, 4.69) is 0 Å². The highest BCUT2D eigenvalue weighted by molar-refractivity contribution is 5.42. The number of hydrogen-bond acceptors (Lipinski definition) is 4. The van der Waals surface area contributed by atoms with Gasteiger partial charge in [0.1, 0.15) is 5.60 Å². The Morgan fingerprint density at radius 3 is 1.71 bits per heavy atom. The number of nitrogens with two attached hydrogens (primary N) is 2. The van der Waals surface area contributed by atoms with Gasteiger partial charge in [-0.1, -0.05) is 24.3 Å². The van der Waals surface area contributed by atoms with Crippen LogP contribution in [0, 0.1) is 0 Å². The minimum atomic E-state index is -1.40. The molecule has 2 unspecified atom stereocenters. The van der Waals surface area contributed by atoms with Crippen LogP contribution in [0.25, 0.3) is 0 Å². The molecule has 4 heteroatoms. The highest BCUT2D eigenvalue weighted by Gasteiger charge is 2.43. The van der Waals surface area contributed by atoms with Crippen molar-refractivity contribution in [2.75, 3.05) is 11.5 Å². The number of benzene rings is 2. The molecule has 0 heterocycles. The van der Waals surface area contributed by atoms with Crippen LogP contribution in [-0.4, -0.2) is 15.8 Å². The quantitative estimate of drug-likeness (QED) is 0.647. The van der Waals surface area contributed by atoms with Gasteiger partial charge in [0.05, 0.1) is 5.60 Å². The first kappa shape index (κ1) is 15.4. The van der Waals surface area contributed by atoms with E-state index in [1.54, 1.807) is 50.2 Å². The Balaban J connectivity index is 2.27. The minimum Gasteiger partial charge on any atom is -0.399 e. The van der Waals surface area contributed by atoms with Crippen molar-refractivity contribution in [1.82, 2.24) is 0 Å². The predicted octanol–water partition coefficient (Wildman–Crippen LogP) is 2.05. The standard InChI is InChI=1S/C17H22N2O2/c1-16(20,11-12-3-7-14(18)8-4-12)17(2,21)13-5-9-15(19)10-6-13/h3-10,20-21H,11,18-19H2,1-2H3. The lowest BCUT2D eigenvalue weighted by atomic mass is 9.76. The van der Waals surface area contributed by atoms with Crippen LogP contribution in [0.4, 0.5) is 11.4 Å². The van der Waals surface area contributed by atoms with Crippen LogP contribution in [0.3, 0.4) is 0 Å². The Kier molecular flexibility index (Phi) is 3.94. The average molecular weight is 286 g/mol. The van der Waals surface area contributed by atoms with E-state index in [0.29, 0.717) is 23.4 Å². The lowest BCUT2D eigenvalue weighted by Gasteiger charge is -2.39. The van der Waals surface area contributed by atoms with Crippen molar-refractivity contribution in [3.05, 3.63) is 59.7 Å². The van der Waals surface area contributed by atoms with Gasteiger partial charge in [-0.3, -0.25) is 0 Å². The van der Waals surface area contributed by atoms with Crippen molar-refractivity contribution in [3.8, 4) is 0 Å². The fraction of sp³-hybridized carbons (Fsp3) is 0.294. The lowest BCUT2D eigenvalue weighted by molar-refractivity contribution is -0.136. The normalized spacial score (nSPS) is 17.0. The first-order valence-electron chi connectivity index (χ1n) is 6.87. The minimum absolute atomic E-state index is 0.310. The summed E-state index contributed by atoms with van der Waals surface area (Å²) in [6.45, 7) is 3.23. The first-order chi connectivity index (χ1) is 9.72. The molecule has 0 aliphatic heterocycles. The molecule has 0 radical (unpaired) electrons. The Hall–Kier alpha value is -2.04. The van der Waals surface area contributed by atoms with Crippen LogP contribution in [-0.2, 0) is 12.0 Å². The molecule has 4 nitrogen and oxygen atoms in total. The molecule has 6 N–H and O–H groups in total. The lowest BCUT2D eigenvalue weighted by Crippen LogP contribution is -2.49. The molecule has 0 amide bonds. The summed E-state index contributed by atoms with van der Waals surface area (Å²) in [5.41, 5.74) is 11.4. The maximum absolute atomic E-state index is 10.8. The Labute approximate surface area is 125 Å². The molecule has 21 heavy (non-hydrogen) atoms. The molecule has 0 spiro atoms. The van der Waals surface area contributed by atoms with E-state index in [4.69, 9.17) is 11.5 Å². The van der Waals surface area contributed by atoms with Crippen LogP contribution in [0.5, 0.6) is 0 Å².